The highest BCUT2D eigenvalue weighted by atomic mass is 16.6. The van der Waals surface area contributed by atoms with Crippen molar-refractivity contribution in [2.75, 3.05) is 7.11 Å². The molecule has 144 valence electrons. The first-order chi connectivity index (χ1) is 13.6. The molecule has 0 saturated heterocycles. The molecule has 0 aliphatic carbocycles. The van der Waals surface area contributed by atoms with Crippen LogP contribution in [0.4, 0.5) is 0 Å². The zero-order valence-corrected chi connectivity index (χ0v) is 16.5. The lowest BCUT2D eigenvalue weighted by Gasteiger charge is -2.13. The normalized spacial score (nSPS) is 12.9. The van der Waals surface area contributed by atoms with Crippen LogP contribution in [0.3, 0.4) is 0 Å². The molecule has 1 unspecified atom stereocenters. The first-order valence-electron chi connectivity index (χ1n) is 9.04. The molecular formula is C22H24N4O2. The molecule has 1 heterocycles. The van der Waals surface area contributed by atoms with Crippen molar-refractivity contribution in [1.82, 2.24) is 9.55 Å². The van der Waals surface area contributed by atoms with E-state index in [1.807, 2.05) is 67.2 Å². The number of nitrogens with zero attached hydrogens (tertiary/aromatic N) is 4. The first kappa shape index (κ1) is 19.4. The summed E-state index contributed by atoms with van der Waals surface area (Å²) in [6.07, 6.45) is 5.14. The molecule has 6 heteroatoms. The molecule has 3 aromatic rings. The number of rotatable bonds is 7. The minimum Gasteiger partial charge on any atom is -0.399 e. The van der Waals surface area contributed by atoms with Gasteiger partial charge in [-0.25, -0.2) is 4.98 Å². The van der Waals surface area contributed by atoms with E-state index >= 15 is 0 Å². The second-order valence-corrected chi connectivity index (χ2v) is 6.41. The van der Waals surface area contributed by atoms with E-state index in [2.05, 4.69) is 28.3 Å². The zero-order chi connectivity index (χ0) is 19.9. The number of oxime groups is 2. The predicted molar refractivity (Wildman–Crippen MR) is 111 cm³/mol. The second-order valence-electron chi connectivity index (χ2n) is 6.41. The third-order valence-electron chi connectivity index (χ3n) is 4.47. The summed E-state index contributed by atoms with van der Waals surface area (Å²) in [5, 5.41) is 8.41. The van der Waals surface area contributed by atoms with Gasteiger partial charge >= 0.3 is 0 Å². The SMILES string of the molecule is CO/N=C(\c1ccccc1/C=N/OC(C)c1ccccc1C)c1nccn1C. The Morgan fingerprint density at radius 2 is 1.89 bits per heavy atom. The molecule has 0 bridgehead atoms. The lowest BCUT2D eigenvalue weighted by Crippen LogP contribution is -2.13. The van der Waals surface area contributed by atoms with E-state index in [0.717, 1.165) is 16.7 Å². The van der Waals surface area contributed by atoms with E-state index in [1.54, 1.807) is 12.4 Å². The molecule has 1 aromatic heterocycles. The van der Waals surface area contributed by atoms with Gasteiger partial charge in [0.2, 0.25) is 0 Å². The fourth-order valence-corrected chi connectivity index (χ4v) is 3.00. The molecule has 0 amide bonds. The quantitative estimate of drug-likeness (QED) is 0.458. The Hall–Kier alpha value is -3.41. The Labute approximate surface area is 165 Å². The summed E-state index contributed by atoms with van der Waals surface area (Å²) < 4.78 is 1.89. The van der Waals surface area contributed by atoms with Crippen LogP contribution < -0.4 is 0 Å². The molecule has 0 N–H and O–H groups in total. The highest BCUT2D eigenvalue weighted by Crippen LogP contribution is 2.21. The van der Waals surface area contributed by atoms with Gasteiger partial charge in [-0.1, -0.05) is 58.8 Å². The Balaban J connectivity index is 1.86. The van der Waals surface area contributed by atoms with Gasteiger partial charge in [-0.2, -0.15) is 0 Å². The molecule has 1 atom stereocenters. The van der Waals surface area contributed by atoms with Crippen molar-refractivity contribution in [2.45, 2.75) is 20.0 Å². The maximum absolute atomic E-state index is 5.70. The molecule has 0 spiro atoms. The highest BCUT2D eigenvalue weighted by Gasteiger charge is 2.16. The van der Waals surface area contributed by atoms with E-state index in [0.29, 0.717) is 11.5 Å². The summed E-state index contributed by atoms with van der Waals surface area (Å²) in [4.78, 5) is 15.2. The predicted octanol–water partition coefficient (Wildman–Crippen LogP) is 4.24. The first-order valence-corrected chi connectivity index (χ1v) is 9.04. The van der Waals surface area contributed by atoms with Crippen LogP contribution in [-0.4, -0.2) is 28.6 Å². The molecule has 0 radical (unpaired) electrons. The van der Waals surface area contributed by atoms with E-state index in [1.165, 1.54) is 12.7 Å². The number of benzene rings is 2. The molecule has 0 fully saturated rings. The lowest BCUT2D eigenvalue weighted by atomic mass is 10.0. The Morgan fingerprint density at radius 3 is 2.61 bits per heavy atom. The smallest absolute Gasteiger partial charge is 0.162 e. The van der Waals surface area contributed by atoms with E-state index in [9.17, 15) is 0 Å². The molecule has 0 aliphatic rings. The highest BCUT2D eigenvalue weighted by molar-refractivity contribution is 6.14. The molecule has 6 nitrogen and oxygen atoms in total. The van der Waals surface area contributed by atoms with E-state index in [4.69, 9.17) is 9.68 Å². The fourth-order valence-electron chi connectivity index (χ4n) is 3.00. The van der Waals surface area contributed by atoms with Gasteiger partial charge in [0.15, 0.2) is 11.5 Å². The van der Waals surface area contributed by atoms with Crippen LogP contribution in [0, 0.1) is 6.92 Å². The molecule has 0 saturated carbocycles. The van der Waals surface area contributed by atoms with Gasteiger partial charge in [0, 0.05) is 30.6 Å². The second kappa shape index (κ2) is 8.99. The summed E-state index contributed by atoms with van der Waals surface area (Å²) in [5.41, 5.74) is 4.63. The summed E-state index contributed by atoms with van der Waals surface area (Å²) in [6.45, 7) is 4.05. The standard InChI is InChI=1S/C22H24N4O2/c1-16-9-5-7-11-19(16)17(2)28-24-15-18-10-6-8-12-20(18)21(25-27-4)22-23-13-14-26(22)3/h5-15,17H,1-4H3/b24-15+,25-21+. The summed E-state index contributed by atoms with van der Waals surface area (Å²) in [5.74, 6) is 0.705. The lowest BCUT2D eigenvalue weighted by molar-refractivity contribution is 0.0732. The zero-order valence-electron chi connectivity index (χ0n) is 16.5. The van der Waals surface area contributed by atoms with Gasteiger partial charge in [0.25, 0.3) is 0 Å². The van der Waals surface area contributed by atoms with Crippen LogP contribution in [0.1, 0.15) is 41.1 Å². The summed E-state index contributed by atoms with van der Waals surface area (Å²) in [6, 6.07) is 15.9. The van der Waals surface area contributed by atoms with Gasteiger partial charge in [-0.3, -0.25) is 0 Å². The van der Waals surface area contributed by atoms with Crippen LogP contribution >= 0.6 is 0 Å². The van der Waals surface area contributed by atoms with Crippen molar-refractivity contribution in [2.24, 2.45) is 17.4 Å². The average Bonchev–Trinajstić information content (AvgIpc) is 3.12. The molecule has 28 heavy (non-hydrogen) atoms. The van der Waals surface area contributed by atoms with Crippen molar-refractivity contribution in [3.8, 4) is 0 Å². The number of imidazole rings is 1. The van der Waals surface area contributed by atoms with Crippen LogP contribution in [0.25, 0.3) is 0 Å². The monoisotopic (exact) mass is 376 g/mol. The van der Waals surface area contributed by atoms with Gasteiger partial charge in [-0.05, 0) is 25.0 Å². The van der Waals surface area contributed by atoms with Crippen molar-refractivity contribution in [3.05, 3.63) is 89.0 Å². The van der Waals surface area contributed by atoms with Crippen molar-refractivity contribution in [3.63, 3.8) is 0 Å². The molecule has 2 aromatic carbocycles. The van der Waals surface area contributed by atoms with Crippen molar-refractivity contribution >= 4 is 11.9 Å². The maximum atomic E-state index is 5.70. The third kappa shape index (κ3) is 4.28. The topological polar surface area (TPSA) is 61.0 Å². The van der Waals surface area contributed by atoms with Crippen LogP contribution in [-0.2, 0) is 16.7 Å². The van der Waals surface area contributed by atoms with Crippen molar-refractivity contribution < 1.29 is 9.68 Å². The summed E-state index contributed by atoms with van der Waals surface area (Å²) in [7, 11) is 3.43. The van der Waals surface area contributed by atoms with Gasteiger partial charge in [0.1, 0.15) is 13.2 Å². The number of hydrogen-bond donors (Lipinski definition) is 0. The van der Waals surface area contributed by atoms with Crippen molar-refractivity contribution in [1.29, 1.82) is 0 Å². The van der Waals surface area contributed by atoms with E-state index in [-0.39, 0.29) is 6.10 Å². The Kier molecular flexibility index (Phi) is 6.22. The fraction of sp³-hybridized carbons (Fsp3) is 0.227. The average molecular weight is 376 g/mol. The van der Waals surface area contributed by atoms with Gasteiger partial charge in [-0.15, -0.1) is 0 Å². The van der Waals surface area contributed by atoms with Gasteiger partial charge in [0.05, 0.1) is 6.21 Å². The number of aryl methyl sites for hydroxylation is 2. The Bertz CT molecular complexity index is 991. The number of aromatic nitrogens is 2. The van der Waals surface area contributed by atoms with Crippen LogP contribution in [0.15, 0.2) is 71.2 Å². The maximum Gasteiger partial charge on any atom is 0.162 e. The van der Waals surface area contributed by atoms with Crippen LogP contribution in [0.2, 0.25) is 0 Å². The third-order valence-corrected chi connectivity index (χ3v) is 4.47. The van der Waals surface area contributed by atoms with Crippen LogP contribution in [0.5, 0.6) is 0 Å². The Morgan fingerprint density at radius 1 is 1.14 bits per heavy atom. The summed E-state index contributed by atoms with van der Waals surface area (Å²) >= 11 is 0. The molecular weight excluding hydrogens is 352 g/mol. The largest absolute Gasteiger partial charge is 0.399 e. The number of hydrogen-bond acceptors (Lipinski definition) is 5. The minimum atomic E-state index is -0.147. The van der Waals surface area contributed by atoms with Gasteiger partial charge < -0.3 is 14.2 Å². The minimum absolute atomic E-state index is 0.147. The van der Waals surface area contributed by atoms with E-state index < -0.39 is 0 Å². The molecule has 3 rings (SSSR count). The molecule has 0 aliphatic heterocycles.